The predicted molar refractivity (Wildman–Crippen MR) is 87.2 cm³/mol. The second-order valence-corrected chi connectivity index (χ2v) is 5.62. The summed E-state index contributed by atoms with van der Waals surface area (Å²) in [5.41, 5.74) is 3.03. The minimum atomic E-state index is -0.0300. The monoisotopic (exact) mass is 315 g/mol. The summed E-state index contributed by atoms with van der Waals surface area (Å²) in [6.45, 7) is 4.46. The molecule has 0 fully saturated rings. The number of ether oxygens (including phenoxy) is 2. The number of aryl methyl sites for hydroxylation is 2. The molecule has 1 N–H and O–H groups in total. The van der Waals surface area contributed by atoms with Gasteiger partial charge < -0.3 is 14.8 Å². The van der Waals surface area contributed by atoms with Crippen molar-refractivity contribution in [2.24, 2.45) is 7.05 Å². The summed E-state index contributed by atoms with van der Waals surface area (Å²) in [5.74, 6) is 2.13. The molecule has 2 aromatic rings. The number of rotatable bonds is 4. The van der Waals surface area contributed by atoms with Gasteiger partial charge in [0.2, 0.25) is 5.91 Å². The molecule has 0 aliphatic carbocycles. The van der Waals surface area contributed by atoms with Gasteiger partial charge in [0.05, 0.1) is 19.4 Å². The first-order valence-corrected chi connectivity index (χ1v) is 7.69. The highest BCUT2D eigenvalue weighted by Crippen LogP contribution is 2.41. The second-order valence-electron chi connectivity index (χ2n) is 5.62. The van der Waals surface area contributed by atoms with E-state index in [1.165, 1.54) is 0 Å². The first-order valence-electron chi connectivity index (χ1n) is 7.69. The summed E-state index contributed by atoms with van der Waals surface area (Å²) in [6.07, 6.45) is 0.400. The average Bonchev–Trinajstić information content (AvgIpc) is 2.81. The number of nitrogens with one attached hydrogen (secondary N) is 1. The molecular formula is C17H21N3O3. The van der Waals surface area contributed by atoms with E-state index in [9.17, 15) is 4.79 Å². The lowest BCUT2D eigenvalue weighted by atomic mass is 9.85. The SMILES string of the molecule is CCOc1cc(C2CC(=O)Nc3c2c(C)nn3C)ccc1OC. The van der Waals surface area contributed by atoms with Crippen molar-refractivity contribution in [3.05, 3.63) is 35.0 Å². The van der Waals surface area contributed by atoms with Gasteiger partial charge in [-0.25, -0.2) is 0 Å². The average molecular weight is 315 g/mol. The number of aromatic nitrogens is 2. The number of anilines is 1. The molecule has 6 heteroatoms. The fraction of sp³-hybridized carbons (Fsp3) is 0.412. The Kier molecular flexibility index (Phi) is 3.98. The first-order chi connectivity index (χ1) is 11.0. The zero-order valence-electron chi connectivity index (χ0n) is 13.8. The number of amides is 1. The van der Waals surface area contributed by atoms with Crippen LogP contribution in [0.25, 0.3) is 0 Å². The van der Waals surface area contributed by atoms with E-state index in [4.69, 9.17) is 9.47 Å². The van der Waals surface area contributed by atoms with E-state index in [2.05, 4.69) is 10.4 Å². The number of hydrogen-bond donors (Lipinski definition) is 1. The smallest absolute Gasteiger partial charge is 0.226 e. The molecule has 0 saturated heterocycles. The summed E-state index contributed by atoms with van der Waals surface area (Å²) < 4.78 is 12.7. The molecule has 2 heterocycles. The predicted octanol–water partition coefficient (Wildman–Crippen LogP) is 2.61. The number of benzene rings is 1. The molecule has 1 atom stereocenters. The van der Waals surface area contributed by atoms with E-state index in [0.29, 0.717) is 24.5 Å². The Hall–Kier alpha value is -2.50. The summed E-state index contributed by atoms with van der Waals surface area (Å²) in [7, 11) is 3.46. The Balaban J connectivity index is 2.09. The first kappa shape index (κ1) is 15.4. The Labute approximate surface area is 135 Å². The van der Waals surface area contributed by atoms with E-state index < -0.39 is 0 Å². The van der Waals surface area contributed by atoms with Crippen LogP contribution in [0, 0.1) is 6.92 Å². The number of nitrogens with zero attached hydrogens (tertiary/aromatic N) is 2. The van der Waals surface area contributed by atoms with Gasteiger partial charge in [0.15, 0.2) is 11.5 Å². The van der Waals surface area contributed by atoms with Crippen molar-refractivity contribution >= 4 is 11.7 Å². The summed E-state index contributed by atoms with van der Waals surface area (Å²) in [6, 6.07) is 5.83. The normalized spacial score (nSPS) is 16.7. The number of carbonyl (C=O) groups is 1. The highest BCUT2D eigenvalue weighted by atomic mass is 16.5. The molecule has 23 heavy (non-hydrogen) atoms. The van der Waals surface area contributed by atoms with Crippen LogP contribution < -0.4 is 14.8 Å². The maximum absolute atomic E-state index is 12.1. The van der Waals surface area contributed by atoms with E-state index in [0.717, 1.165) is 22.6 Å². The Morgan fingerprint density at radius 3 is 2.87 bits per heavy atom. The van der Waals surface area contributed by atoms with Crippen molar-refractivity contribution in [3.8, 4) is 11.5 Å². The van der Waals surface area contributed by atoms with Crippen LogP contribution in [0.3, 0.4) is 0 Å². The van der Waals surface area contributed by atoms with Gasteiger partial charge >= 0.3 is 0 Å². The molecule has 1 aliphatic heterocycles. The van der Waals surface area contributed by atoms with Gasteiger partial charge in [-0.05, 0) is 31.5 Å². The van der Waals surface area contributed by atoms with Crippen LogP contribution in [0.15, 0.2) is 18.2 Å². The quantitative estimate of drug-likeness (QED) is 0.942. The van der Waals surface area contributed by atoms with Crippen molar-refractivity contribution in [3.63, 3.8) is 0 Å². The Morgan fingerprint density at radius 1 is 1.39 bits per heavy atom. The number of methoxy groups -OCH3 is 1. The van der Waals surface area contributed by atoms with Crippen LogP contribution in [0.2, 0.25) is 0 Å². The topological polar surface area (TPSA) is 65.4 Å². The molecule has 1 aromatic carbocycles. The van der Waals surface area contributed by atoms with E-state index >= 15 is 0 Å². The van der Waals surface area contributed by atoms with E-state index in [1.54, 1.807) is 11.8 Å². The van der Waals surface area contributed by atoms with Gasteiger partial charge in [-0.3, -0.25) is 9.48 Å². The van der Waals surface area contributed by atoms with Crippen molar-refractivity contribution < 1.29 is 14.3 Å². The molecule has 1 aromatic heterocycles. The Morgan fingerprint density at radius 2 is 2.17 bits per heavy atom. The van der Waals surface area contributed by atoms with Crippen molar-refractivity contribution in [2.75, 3.05) is 19.0 Å². The molecular weight excluding hydrogens is 294 g/mol. The highest BCUT2D eigenvalue weighted by molar-refractivity contribution is 5.94. The second kappa shape index (κ2) is 5.95. The van der Waals surface area contributed by atoms with Crippen LogP contribution in [0.5, 0.6) is 11.5 Å². The Bertz CT molecular complexity index is 752. The van der Waals surface area contributed by atoms with Crippen molar-refractivity contribution in [2.45, 2.75) is 26.2 Å². The number of hydrogen-bond acceptors (Lipinski definition) is 4. The van der Waals surface area contributed by atoms with Gasteiger partial charge in [0.1, 0.15) is 5.82 Å². The lowest BCUT2D eigenvalue weighted by Gasteiger charge is -2.24. The van der Waals surface area contributed by atoms with Gasteiger partial charge in [0, 0.05) is 24.9 Å². The number of carbonyl (C=O) groups excluding carboxylic acids is 1. The highest BCUT2D eigenvalue weighted by Gasteiger charge is 2.31. The summed E-state index contributed by atoms with van der Waals surface area (Å²) in [5, 5.41) is 7.36. The maximum Gasteiger partial charge on any atom is 0.226 e. The molecule has 0 bridgehead atoms. The van der Waals surface area contributed by atoms with Crippen molar-refractivity contribution in [1.82, 2.24) is 9.78 Å². The summed E-state index contributed by atoms with van der Waals surface area (Å²) in [4.78, 5) is 12.1. The van der Waals surface area contributed by atoms with Crippen LogP contribution in [0.4, 0.5) is 5.82 Å². The van der Waals surface area contributed by atoms with Gasteiger partial charge in [-0.15, -0.1) is 0 Å². The van der Waals surface area contributed by atoms with Crippen LogP contribution in [-0.2, 0) is 11.8 Å². The molecule has 0 saturated carbocycles. The molecule has 0 radical (unpaired) electrons. The van der Waals surface area contributed by atoms with Crippen LogP contribution >= 0.6 is 0 Å². The molecule has 6 nitrogen and oxygen atoms in total. The third-order valence-corrected chi connectivity index (χ3v) is 4.15. The zero-order valence-corrected chi connectivity index (χ0v) is 13.8. The van der Waals surface area contributed by atoms with Crippen LogP contribution in [0.1, 0.15) is 36.1 Å². The molecule has 1 amide bonds. The molecule has 1 unspecified atom stereocenters. The third kappa shape index (κ3) is 2.65. The molecule has 0 spiro atoms. The molecule has 3 rings (SSSR count). The fourth-order valence-corrected chi connectivity index (χ4v) is 3.17. The minimum Gasteiger partial charge on any atom is -0.493 e. The maximum atomic E-state index is 12.1. The largest absolute Gasteiger partial charge is 0.493 e. The van der Waals surface area contributed by atoms with Gasteiger partial charge in [-0.2, -0.15) is 5.10 Å². The lowest BCUT2D eigenvalue weighted by molar-refractivity contribution is -0.116. The van der Waals surface area contributed by atoms with Crippen LogP contribution in [-0.4, -0.2) is 29.4 Å². The lowest BCUT2D eigenvalue weighted by Crippen LogP contribution is -2.24. The number of fused-ring (bicyclic) bond motifs is 1. The third-order valence-electron chi connectivity index (χ3n) is 4.15. The zero-order chi connectivity index (χ0) is 16.6. The summed E-state index contributed by atoms with van der Waals surface area (Å²) >= 11 is 0. The minimum absolute atomic E-state index is 0.000669. The molecule has 1 aliphatic rings. The van der Waals surface area contributed by atoms with Crippen molar-refractivity contribution in [1.29, 1.82) is 0 Å². The van der Waals surface area contributed by atoms with E-state index in [-0.39, 0.29) is 11.8 Å². The fourth-order valence-electron chi connectivity index (χ4n) is 3.17. The molecule has 122 valence electrons. The van der Waals surface area contributed by atoms with Gasteiger partial charge in [0.25, 0.3) is 0 Å². The standard InChI is InChI=1S/C17H21N3O3/c1-5-23-14-8-11(6-7-13(14)22-4)12-9-15(21)18-17-16(12)10(2)19-20(17)3/h6-8,12H,5,9H2,1-4H3,(H,18,21). The van der Waals surface area contributed by atoms with E-state index in [1.807, 2.05) is 39.1 Å². The van der Waals surface area contributed by atoms with Gasteiger partial charge in [-0.1, -0.05) is 6.07 Å².